The number of aromatic nitrogens is 2. The summed E-state index contributed by atoms with van der Waals surface area (Å²) in [5.74, 6) is 0.856. The van der Waals surface area contributed by atoms with Crippen molar-refractivity contribution in [2.45, 2.75) is 30.6 Å². The van der Waals surface area contributed by atoms with E-state index in [1.54, 1.807) is 24.3 Å². The monoisotopic (exact) mass is 392 g/mol. The van der Waals surface area contributed by atoms with Crippen LogP contribution in [-0.2, 0) is 22.9 Å². The molecule has 8 heteroatoms. The second kappa shape index (κ2) is 7.13. The van der Waals surface area contributed by atoms with Crippen molar-refractivity contribution in [3.05, 3.63) is 46.6 Å². The van der Waals surface area contributed by atoms with Gasteiger partial charge in [-0.05, 0) is 61.6 Å². The van der Waals surface area contributed by atoms with Crippen molar-refractivity contribution >= 4 is 27.4 Å². The number of hydrogen-bond donors (Lipinski definition) is 0. The zero-order valence-electron chi connectivity index (χ0n) is 14.4. The fourth-order valence-electron chi connectivity index (χ4n) is 3.55. The number of fused-ring (bicyclic) bond motifs is 1. The van der Waals surface area contributed by atoms with E-state index in [-0.39, 0.29) is 4.90 Å². The van der Waals surface area contributed by atoms with Gasteiger partial charge in [0.15, 0.2) is 5.82 Å². The second-order valence-corrected chi connectivity index (χ2v) is 9.10. The minimum atomic E-state index is -3.49. The van der Waals surface area contributed by atoms with Gasteiger partial charge in [0.2, 0.25) is 10.0 Å². The van der Waals surface area contributed by atoms with E-state index in [2.05, 4.69) is 21.2 Å². The van der Waals surface area contributed by atoms with Gasteiger partial charge in [0.1, 0.15) is 0 Å². The molecule has 1 aliphatic heterocycles. The molecule has 1 aromatic carbocycles. The number of piperazine rings is 1. The van der Waals surface area contributed by atoms with Crippen LogP contribution in [0.2, 0.25) is 5.02 Å². The molecule has 1 saturated heterocycles. The van der Waals surface area contributed by atoms with Gasteiger partial charge in [0, 0.05) is 31.2 Å². The highest BCUT2D eigenvalue weighted by atomic mass is 35.5. The number of hydrogen-bond acceptors (Lipinski definition) is 5. The fraction of sp³-hybridized carbons (Fsp3) is 0.444. The number of sulfonamides is 1. The third-order valence-electron chi connectivity index (χ3n) is 5.07. The highest BCUT2D eigenvalue weighted by Gasteiger charge is 2.29. The first-order valence-electron chi connectivity index (χ1n) is 8.90. The first kappa shape index (κ1) is 17.7. The summed E-state index contributed by atoms with van der Waals surface area (Å²) in [6.45, 7) is 2.09. The molecule has 0 bridgehead atoms. The minimum absolute atomic E-state index is 0.281. The Kier molecular flexibility index (Phi) is 4.86. The summed E-state index contributed by atoms with van der Waals surface area (Å²) in [5.41, 5.74) is 2.40. The Balaban J connectivity index is 1.46. The number of rotatable bonds is 3. The smallest absolute Gasteiger partial charge is 0.243 e. The van der Waals surface area contributed by atoms with Crippen molar-refractivity contribution in [2.24, 2.45) is 0 Å². The topological polar surface area (TPSA) is 66.4 Å². The molecular formula is C18H21ClN4O2S. The zero-order valence-corrected chi connectivity index (χ0v) is 16.0. The molecule has 6 nitrogen and oxygen atoms in total. The van der Waals surface area contributed by atoms with E-state index in [1.165, 1.54) is 22.7 Å². The molecule has 2 aliphatic rings. The van der Waals surface area contributed by atoms with E-state index in [9.17, 15) is 8.42 Å². The largest absolute Gasteiger partial charge is 0.352 e. The average molecular weight is 393 g/mol. The number of nitrogens with zero attached hydrogens (tertiary/aromatic N) is 4. The lowest BCUT2D eigenvalue weighted by Crippen LogP contribution is -2.49. The standard InChI is InChI=1S/C18H21ClN4O2S/c19-15-5-7-16(8-6-15)26(24,25)23-11-9-22(10-12-23)18-13-14-3-1-2-4-17(14)20-21-18/h5-8,13H,1-4,9-12H2. The Hall–Kier alpha value is -1.70. The van der Waals surface area contributed by atoms with Crippen LogP contribution in [0.5, 0.6) is 0 Å². The third kappa shape index (κ3) is 3.43. The lowest BCUT2D eigenvalue weighted by molar-refractivity contribution is 0.383. The molecule has 0 N–H and O–H groups in total. The zero-order chi connectivity index (χ0) is 18.1. The molecule has 0 saturated carbocycles. The van der Waals surface area contributed by atoms with Crippen LogP contribution in [0.1, 0.15) is 24.1 Å². The molecule has 2 heterocycles. The van der Waals surface area contributed by atoms with E-state index in [4.69, 9.17) is 11.6 Å². The summed E-state index contributed by atoms with van der Waals surface area (Å²) in [7, 11) is -3.49. The number of benzene rings is 1. The Labute approximate surface area is 158 Å². The van der Waals surface area contributed by atoms with Crippen LogP contribution < -0.4 is 4.90 Å². The molecule has 1 fully saturated rings. The molecule has 26 heavy (non-hydrogen) atoms. The van der Waals surface area contributed by atoms with Gasteiger partial charge in [0.05, 0.1) is 10.6 Å². The van der Waals surface area contributed by atoms with E-state index < -0.39 is 10.0 Å². The second-order valence-electron chi connectivity index (χ2n) is 6.73. The summed E-state index contributed by atoms with van der Waals surface area (Å²) in [5, 5.41) is 9.27. The maximum atomic E-state index is 12.8. The van der Waals surface area contributed by atoms with Gasteiger partial charge < -0.3 is 4.90 Å². The molecule has 138 valence electrons. The van der Waals surface area contributed by atoms with E-state index >= 15 is 0 Å². The molecule has 0 spiro atoms. The number of anilines is 1. The molecule has 0 unspecified atom stereocenters. The molecule has 4 rings (SSSR count). The van der Waals surface area contributed by atoms with Crippen LogP contribution in [0, 0.1) is 0 Å². The summed E-state index contributed by atoms with van der Waals surface area (Å²) >= 11 is 5.86. The van der Waals surface area contributed by atoms with Crippen LogP contribution in [0.3, 0.4) is 0 Å². The maximum Gasteiger partial charge on any atom is 0.243 e. The number of aryl methyl sites for hydroxylation is 2. The van der Waals surface area contributed by atoms with Gasteiger partial charge in [0.25, 0.3) is 0 Å². The van der Waals surface area contributed by atoms with Crippen molar-refractivity contribution in [3.8, 4) is 0 Å². The van der Waals surface area contributed by atoms with Crippen molar-refractivity contribution in [3.63, 3.8) is 0 Å². The Morgan fingerprint density at radius 2 is 1.62 bits per heavy atom. The Bertz CT molecular complexity index is 894. The highest BCUT2D eigenvalue weighted by Crippen LogP contribution is 2.24. The van der Waals surface area contributed by atoms with Crippen molar-refractivity contribution in [2.75, 3.05) is 31.1 Å². The SMILES string of the molecule is O=S(=O)(c1ccc(Cl)cc1)N1CCN(c2cc3c(nn2)CCCC3)CC1. The lowest BCUT2D eigenvalue weighted by Gasteiger charge is -2.34. The first-order valence-corrected chi connectivity index (χ1v) is 10.7. The van der Waals surface area contributed by atoms with Crippen LogP contribution in [-0.4, -0.2) is 49.1 Å². The molecule has 0 radical (unpaired) electrons. The normalized spacial score (nSPS) is 18.6. The van der Waals surface area contributed by atoms with Crippen molar-refractivity contribution in [1.29, 1.82) is 0 Å². The first-order chi connectivity index (χ1) is 12.5. The Morgan fingerprint density at radius 1 is 0.923 bits per heavy atom. The predicted molar refractivity (Wildman–Crippen MR) is 101 cm³/mol. The maximum absolute atomic E-state index is 12.8. The third-order valence-corrected chi connectivity index (χ3v) is 7.24. The summed E-state index contributed by atoms with van der Waals surface area (Å²) in [4.78, 5) is 2.40. The molecule has 2 aromatic rings. The van der Waals surface area contributed by atoms with Gasteiger partial charge in [-0.25, -0.2) is 8.42 Å². The quantitative estimate of drug-likeness (QED) is 0.802. The lowest BCUT2D eigenvalue weighted by atomic mass is 9.97. The van der Waals surface area contributed by atoms with E-state index in [0.29, 0.717) is 31.2 Å². The summed E-state index contributed by atoms with van der Waals surface area (Å²) in [6, 6.07) is 8.45. The van der Waals surface area contributed by atoms with Crippen LogP contribution in [0.4, 0.5) is 5.82 Å². The van der Waals surface area contributed by atoms with Gasteiger partial charge >= 0.3 is 0 Å². The summed E-state index contributed by atoms with van der Waals surface area (Å²) < 4.78 is 27.1. The minimum Gasteiger partial charge on any atom is -0.352 e. The average Bonchev–Trinajstić information content (AvgIpc) is 2.68. The van der Waals surface area contributed by atoms with Crippen LogP contribution in [0.25, 0.3) is 0 Å². The summed E-state index contributed by atoms with van der Waals surface area (Å²) in [6.07, 6.45) is 4.45. The molecular weight excluding hydrogens is 372 g/mol. The fourth-order valence-corrected chi connectivity index (χ4v) is 5.09. The van der Waals surface area contributed by atoms with Gasteiger partial charge in [-0.3, -0.25) is 0 Å². The van der Waals surface area contributed by atoms with E-state index in [1.807, 2.05) is 0 Å². The Morgan fingerprint density at radius 3 is 2.35 bits per heavy atom. The van der Waals surface area contributed by atoms with Gasteiger partial charge in [-0.2, -0.15) is 9.40 Å². The molecule has 1 aromatic heterocycles. The van der Waals surface area contributed by atoms with Crippen molar-refractivity contribution in [1.82, 2.24) is 14.5 Å². The van der Waals surface area contributed by atoms with E-state index in [0.717, 1.165) is 24.4 Å². The van der Waals surface area contributed by atoms with Gasteiger partial charge in [-0.1, -0.05) is 11.6 Å². The number of halogens is 1. The molecule has 0 atom stereocenters. The predicted octanol–water partition coefficient (Wildman–Crippen LogP) is 2.52. The van der Waals surface area contributed by atoms with Crippen molar-refractivity contribution < 1.29 is 8.42 Å². The molecule has 1 aliphatic carbocycles. The van der Waals surface area contributed by atoms with Gasteiger partial charge in [-0.15, -0.1) is 5.10 Å². The highest BCUT2D eigenvalue weighted by molar-refractivity contribution is 7.89. The molecule has 0 amide bonds. The van der Waals surface area contributed by atoms with Crippen LogP contribution in [0.15, 0.2) is 35.2 Å². The van der Waals surface area contributed by atoms with Crippen LogP contribution >= 0.6 is 11.6 Å².